The number of amides is 2. The van der Waals surface area contributed by atoms with Crippen molar-refractivity contribution in [3.05, 3.63) is 29.8 Å². The summed E-state index contributed by atoms with van der Waals surface area (Å²) >= 11 is 0. The Labute approximate surface area is 111 Å². The highest BCUT2D eigenvalue weighted by Gasteiger charge is 2.19. The number of para-hydroxylation sites is 1. The Bertz CT molecular complexity index is 469. The summed E-state index contributed by atoms with van der Waals surface area (Å²) < 4.78 is 9.83. The predicted molar refractivity (Wildman–Crippen MR) is 69.2 cm³/mol. The van der Waals surface area contributed by atoms with E-state index in [2.05, 4.69) is 15.4 Å². The second-order valence-corrected chi connectivity index (χ2v) is 4.20. The van der Waals surface area contributed by atoms with E-state index in [1.165, 1.54) is 7.11 Å². The quantitative estimate of drug-likeness (QED) is 0.809. The molecule has 6 heteroatoms. The number of methoxy groups -OCH3 is 1. The summed E-state index contributed by atoms with van der Waals surface area (Å²) in [4.78, 5) is 23.3. The molecule has 0 aliphatic carbocycles. The smallest absolute Gasteiger partial charge is 0.339 e. The third-order valence-electron chi connectivity index (χ3n) is 2.85. The molecule has 0 spiro atoms. The van der Waals surface area contributed by atoms with Crippen molar-refractivity contribution in [3.63, 3.8) is 0 Å². The minimum Gasteiger partial charge on any atom is -0.465 e. The molecular formula is C13H16N2O4. The Morgan fingerprint density at radius 3 is 2.84 bits per heavy atom. The Hall–Kier alpha value is -2.08. The molecule has 6 nitrogen and oxygen atoms in total. The van der Waals surface area contributed by atoms with E-state index in [9.17, 15) is 9.59 Å². The van der Waals surface area contributed by atoms with Crippen LogP contribution in [0.15, 0.2) is 24.3 Å². The number of hydrogen-bond acceptors (Lipinski definition) is 4. The number of urea groups is 1. The van der Waals surface area contributed by atoms with Crippen molar-refractivity contribution < 1.29 is 19.1 Å². The topological polar surface area (TPSA) is 76.7 Å². The molecule has 1 unspecified atom stereocenters. The summed E-state index contributed by atoms with van der Waals surface area (Å²) in [6.45, 7) is 1.18. The van der Waals surface area contributed by atoms with E-state index in [0.29, 0.717) is 24.5 Å². The van der Waals surface area contributed by atoms with Gasteiger partial charge in [-0.2, -0.15) is 0 Å². The van der Waals surface area contributed by atoms with Gasteiger partial charge in [-0.25, -0.2) is 9.59 Å². The first-order valence-electron chi connectivity index (χ1n) is 6.03. The van der Waals surface area contributed by atoms with Crippen molar-refractivity contribution in [2.24, 2.45) is 0 Å². The second-order valence-electron chi connectivity index (χ2n) is 4.20. The van der Waals surface area contributed by atoms with Gasteiger partial charge in [0.2, 0.25) is 0 Å². The zero-order valence-electron chi connectivity index (χ0n) is 10.6. The summed E-state index contributed by atoms with van der Waals surface area (Å²) in [6.07, 6.45) is 0.798. The third-order valence-corrected chi connectivity index (χ3v) is 2.85. The Morgan fingerprint density at radius 1 is 1.37 bits per heavy atom. The van der Waals surface area contributed by atoms with E-state index in [4.69, 9.17) is 4.74 Å². The van der Waals surface area contributed by atoms with Crippen LogP contribution in [-0.2, 0) is 9.47 Å². The van der Waals surface area contributed by atoms with Gasteiger partial charge in [0, 0.05) is 6.61 Å². The fraction of sp³-hybridized carbons (Fsp3) is 0.385. The van der Waals surface area contributed by atoms with Crippen molar-refractivity contribution in [1.82, 2.24) is 5.32 Å². The molecule has 2 N–H and O–H groups in total. The molecule has 1 aliphatic rings. The first-order chi connectivity index (χ1) is 9.20. The van der Waals surface area contributed by atoms with Crippen LogP contribution in [0.4, 0.5) is 10.5 Å². The SMILES string of the molecule is COC(=O)c1ccccc1NC(=O)NC1CCOC1. The average molecular weight is 264 g/mol. The van der Waals surface area contributed by atoms with Gasteiger partial charge in [0.1, 0.15) is 0 Å². The van der Waals surface area contributed by atoms with Crippen LogP contribution in [0.1, 0.15) is 16.8 Å². The van der Waals surface area contributed by atoms with E-state index in [1.54, 1.807) is 24.3 Å². The first-order valence-corrected chi connectivity index (χ1v) is 6.03. The Morgan fingerprint density at radius 2 is 2.16 bits per heavy atom. The first kappa shape index (κ1) is 13.4. The number of hydrogen-bond donors (Lipinski definition) is 2. The number of esters is 1. The number of ether oxygens (including phenoxy) is 2. The lowest BCUT2D eigenvalue weighted by molar-refractivity contribution is 0.0602. The molecule has 102 valence electrons. The van der Waals surface area contributed by atoms with Gasteiger partial charge in [-0.1, -0.05) is 12.1 Å². The maximum Gasteiger partial charge on any atom is 0.339 e. The van der Waals surface area contributed by atoms with E-state index >= 15 is 0 Å². The van der Waals surface area contributed by atoms with Gasteiger partial charge in [0.15, 0.2) is 0 Å². The highest BCUT2D eigenvalue weighted by Crippen LogP contribution is 2.16. The lowest BCUT2D eigenvalue weighted by Crippen LogP contribution is -2.38. The molecule has 0 radical (unpaired) electrons. The summed E-state index contributed by atoms with van der Waals surface area (Å²) in [5, 5.41) is 5.43. The molecule has 0 aromatic heterocycles. The van der Waals surface area contributed by atoms with Gasteiger partial charge >= 0.3 is 12.0 Å². The van der Waals surface area contributed by atoms with Crippen LogP contribution < -0.4 is 10.6 Å². The van der Waals surface area contributed by atoms with Gasteiger partial charge in [-0.15, -0.1) is 0 Å². The molecule has 1 atom stereocenters. The number of nitrogens with one attached hydrogen (secondary N) is 2. The minimum absolute atomic E-state index is 0.0188. The van der Waals surface area contributed by atoms with Crippen LogP contribution in [0.3, 0.4) is 0 Å². The second kappa shape index (κ2) is 6.19. The molecule has 1 aliphatic heterocycles. The molecule has 2 rings (SSSR count). The normalized spacial score (nSPS) is 17.8. The summed E-state index contributed by atoms with van der Waals surface area (Å²) in [5.74, 6) is -0.486. The molecule has 1 saturated heterocycles. The van der Waals surface area contributed by atoms with E-state index < -0.39 is 5.97 Å². The highest BCUT2D eigenvalue weighted by molar-refractivity contribution is 6.00. The molecule has 0 bridgehead atoms. The van der Waals surface area contributed by atoms with E-state index in [0.717, 1.165) is 6.42 Å². The predicted octanol–water partition coefficient (Wildman–Crippen LogP) is 1.38. The van der Waals surface area contributed by atoms with Crippen molar-refractivity contribution >= 4 is 17.7 Å². The molecule has 1 aromatic carbocycles. The monoisotopic (exact) mass is 264 g/mol. The van der Waals surface area contributed by atoms with Crippen LogP contribution in [0.25, 0.3) is 0 Å². The Balaban J connectivity index is 2.01. The fourth-order valence-corrected chi connectivity index (χ4v) is 1.87. The zero-order valence-corrected chi connectivity index (χ0v) is 10.6. The van der Waals surface area contributed by atoms with Crippen molar-refractivity contribution in [2.45, 2.75) is 12.5 Å². The lowest BCUT2D eigenvalue weighted by atomic mass is 10.2. The molecule has 1 fully saturated rings. The number of rotatable bonds is 3. The largest absolute Gasteiger partial charge is 0.465 e. The number of benzene rings is 1. The average Bonchev–Trinajstić information content (AvgIpc) is 2.91. The molecule has 1 aromatic rings. The van der Waals surface area contributed by atoms with Crippen molar-refractivity contribution in [2.75, 3.05) is 25.6 Å². The van der Waals surface area contributed by atoms with Gasteiger partial charge in [0.05, 0.1) is 31.0 Å². The van der Waals surface area contributed by atoms with Gasteiger partial charge in [-0.3, -0.25) is 0 Å². The molecule has 19 heavy (non-hydrogen) atoms. The molecule has 0 saturated carbocycles. The fourth-order valence-electron chi connectivity index (χ4n) is 1.87. The van der Waals surface area contributed by atoms with Crippen LogP contribution in [-0.4, -0.2) is 38.4 Å². The number of carbonyl (C=O) groups is 2. The lowest BCUT2D eigenvalue weighted by Gasteiger charge is -2.13. The van der Waals surface area contributed by atoms with Crippen LogP contribution in [0.5, 0.6) is 0 Å². The van der Waals surface area contributed by atoms with E-state index in [1.807, 2.05) is 0 Å². The number of carbonyl (C=O) groups excluding carboxylic acids is 2. The van der Waals surface area contributed by atoms with E-state index in [-0.39, 0.29) is 12.1 Å². The van der Waals surface area contributed by atoms with Gasteiger partial charge in [0.25, 0.3) is 0 Å². The third kappa shape index (κ3) is 3.45. The maximum atomic E-state index is 11.8. The molecule has 1 heterocycles. The van der Waals surface area contributed by atoms with Crippen molar-refractivity contribution in [3.8, 4) is 0 Å². The Kier molecular flexibility index (Phi) is 4.35. The van der Waals surface area contributed by atoms with Crippen molar-refractivity contribution in [1.29, 1.82) is 0 Å². The van der Waals surface area contributed by atoms with Gasteiger partial charge in [-0.05, 0) is 18.6 Å². The highest BCUT2D eigenvalue weighted by atomic mass is 16.5. The minimum atomic E-state index is -0.486. The zero-order chi connectivity index (χ0) is 13.7. The summed E-state index contributed by atoms with van der Waals surface area (Å²) in [5.41, 5.74) is 0.744. The number of anilines is 1. The van der Waals surface area contributed by atoms with Crippen LogP contribution in [0.2, 0.25) is 0 Å². The van der Waals surface area contributed by atoms with Crippen LogP contribution >= 0.6 is 0 Å². The summed E-state index contributed by atoms with van der Waals surface area (Å²) in [6, 6.07) is 6.36. The van der Waals surface area contributed by atoms with Gasteiger partial charge < -0.3 is 20.1 Å². The van der Waals surface area contributed by atoms with Crippen LogP contribution in [0, 0.1) is 0 Å². The summed E-state index contributed by atoms with van der Waals surface area (Å²) in [7, 11) is 1.30. The molecule has 2 amide bonds. The maximum absolute atomic E-state index is 11.8. The standard InChI is InChI=1S/C13H16N2O4/c1-18-12(16)10-4-2-3-5-11(10)15-13(17)14-9-6-7-19-8-9/h2-5,9H,6-8H2,1H3,(H2,14,15,17). The molecular weight excluding hydrogens is 248 g/mol.